The molecule has 0 fully saturated rings. The van der Waals surface area contributed by atoms with Crippen LogP contribution in [0.15, 0.2) is 12.1 Å². The van der Waals surface area contributed by atoms with E-state index in [1.165, 1.54) is 5.56 Å². The van der Waals surface area contributed by atoms with Gasteiger partial charge in [0.15, 0.2) is 11.5 Å². The molecule has 0 saturated carbocycles. The molecule has 0 aliphatic carbocycles. The van der Waals surface area contributed by atoms with Crippen molar-refractivity contribution in [2.24, 2.45) is 0 Å². The molecule has 1 aromatic carbocycles. The minimum absolute atomic E-state index is 0.00769. The number of hydrogen-bond donors (Lipinski definition) is 1. The fraction of sp³-hybridized carbons (Fsp3) is 0.455. The van der Waals surface area contributed by atoms with Crippen molar-refractivity contribution in [2.75, 3.05) is 6.79 Å². The zero-order valence-corrected chi connectivity index (χ0v) is 8.41. The van der Waals surface area contributed by atoms with Crippen molar-refractivity contribution in [2.45, 2.75) is 26.4 Å². The Morgan fingerprint density at radius 1 is 1.36 bits per heavy atom. The van der Waals surface area contributed by atoms with Gasteiger partial charge in [-0.2, -0.15) is 0 Å². The molecule has 0 unspecified atom stereocenters. The van der Waals surface area contributed by atoms with Crippen molar-refractivity contribution < 1.29 is 14.6 Å². The Morgan fingerprint density at radius 3 is 2.79 bits per heavy atom. The van der Waals surface area contributed by atoms with Gasteiger partial charge in [-0.15, -0.1) is 0 Å². The van der Waals surface area contributed by atoms with E-state index >= 15 is 0 Å². The maximum absolute atomic E-state index is 9.17. The summed E-state index contributed by atoms with van der Waals surface area (Å²) >= 11 is 0. The van der Waals surface area contributed by atoms with Gasteiger partial charge in [-0.25, -0.2) is 0 Å². The molecule has 0 spiro atoms. The Kier molecular flexibility index (Phi) is 2.33. The van der Waals surface area contributed by atoms with Gasteiger partial charge in [0.05, 0.1) is 6.61 Å². The SMILES string of the molecule is CC(C)c1cc(CO)c2c(c1)OCO2. The summed E-state index contributed by atoms with van der Waals surface area (Å²) in [4.78, 5) is 0. The summed E-state index contributed by atoms with van der Waals surface area (Å²) in [6.07, 6.45) is 0. The smallest absolute Gasteiger partial charge is 0.231 e. The van der Waals surface area contributed by atoms with E-state index in [0.29, 0.717) is 11.7 Å². The highest BCUT2D eigenvalue weighted by molar-refractivity contribution is 5.51. The molecule has 0 atom stereocenters. The van der Waals surface area contributed by atoms with E-state index in [4.69, 9.17) is 9.47 Å². The molecule has 0 bridgehead atoms. The fourth-order valence-electron chi connectivity index (χ4n) is 1.56. The highest BCUT2D eigenvalue weighted by Gasteiger charge is 2.19. The van der Waals surface area contributed by atoms with Gasteiger partial charge in [0.25, 0.3) is 0 Å². The molecule has 1 N–H and O–H groups in total. The molecule has 2 rings (SSSR count). The van der Waals surface area contributed by atoms with Gasteiger partial charge in [0.2, 0.25) is 6.79 Å². The number of fused-ring (bicyclic) bond motifs is 1. The highest BCUT2D eigenvalue weighted by atomic mass is 16.7. The van der Waals surface area contributed by atoms with Gasteiger partial charge >= 0.3 is 0 Å². The quantitative estimate of drug-likeness (QED) is 0.782. The Morgan fingerprint density at radius 2 is 2.14 bits per heavy atom. The average molecular weight is 194 g/mol. The van der Waals surface area contributed by atoms with Crippen LogP contribution in [0.5, 0.6) is 11.5 Å². The average Bonchev–Trinajstić information content (AvgIpc) is 2.63. The molecule has 76 valence electrons. The third-order valence-electron chi connectivity index (χ3n) is 2.41. The summed E-state index contributed by atoms with van der Waals surface area (Å²) in [6.45, 7) is 4.47. The minimum atomic E-state index is -0.00769. The van der Waals surface area contributed by atoms with Gasteiger partial charge < -0.3 is 14.6 Å². The summed E-state index contributed by atoms with van der Waals surface area (Å²) in [7, 11) is 0. The summed E-state index contributed by atoms with van der Waals surface area (Å²) in [5.74, 6) is 1.87. The van der Waals surface area contributed by atoms with Crippen LogP contribution in [-0.2, 0) is 6.61 Å². The number of aliphatic hydroxyl groups is 1. The largest absolute Gasteiger partial charge is 0.454 e. The molecular weight excluding hydrogens is 180 g/mol. The molecule has 3 heteroatoms. The van der Waals surface area contributed by atoms with E-state index < -0.39 is 0 Å². The number of rotatable bonds is 2. The van der Waals surface area contributed by atoms with Crippen LogP contribution in [0.3, 0.4) is 0 Å². The first-order chi connectivity index (χ1) is 6.72. The molecule has 1 aromatic rings. The number of ether oxygens (including phenoxy) is 2. The van der Waals surface area contributed by atoms with Crippen LogP contribution in [0.2, 0.25) is 0 Å². The maximum Gasteiger partial charge on any atom is 0.231 e. The molecule has 1 aliphatic rings. The van der Waals surface area contributed by atoms with Crippen LogP contribution in [0, 0.1) is 0 Å². The van der Waals surface area contributed by atoms with Crippen molar-refractivity contribution in [1.82, 2.24) is 0 Å². The third-order valence-corrected chi connectivity index (χ3v) is 2.41. The third kappa shape index (κ3) is 1.44. The Balaban J connectivity index is 2.49. The Labute approximate surface area is 83.3 Å². The van der Waals surface area contributed by atoms with Gasteiger partial charge in [-0.05, 0) is 23.6 Å². The highest BCUT2D eigenvalue weighted by Crippen LogP contribution is 2.38. The van der Waals surface area contributed by atoms with Crippen LogP contribution in [0.25, 0.3) is 0 Å². The molecule has 0 radical (unpaired) electrons. The molecule has 0 aromatic heterocycles. The Hall–Kier alpha value is -1.22. The van der Waals surface area contributed by atoms with Crippen molar-refractivity contribution >= 4 is 0 Å². The lowest BCUT2D eigenvalue weighted by Crippen LogP contribution is -1.94. The van der Waals surface area contributed by atoms with Crippen LogP contribution >= 0.6 is 0 Å². The van der Waals surface area contributed by atoms with Crippen LogP contribution < -0.4 is 9.47 Å². The minimum Gasteiger partial charge on any atom is -0.454 e. The number of hydrogen-bond acceptors (Lipinski definition) is 3. The number of benzene rings is 1. The first-order valence-corrected chi connectivity index (χ1v) is 4.75. The van der Waals surface area contributed by atoms with Crippen LogP contribution in [-0.4, -0.2) is 11.9 Å². The van der Waals surface area contributed by atoms with Crippen molar-refractivity contribution in [3.05, 3.63) is 23.3 Å². The van der Waals surface area contributed by atoms with Crippen LogP contribution in [0.4, 0.5) is 0 Å². The molecule has 1 aliphatic heterocycles. The predicted octanol–water partition coefficient (Wildman–Crippen LogP) is 2.03. The summed E-state index contributed by atoms with van der Waals surface area (Å²) in [6, 6.07) is 3.95. The predicted molar refractivity (Wildman–Crippen MR) is 52.6 cm³/mol. The van der Waals surface area contributed by atoms with Crippen molar-refractivity contribution in [3.8, 4) is 11.5 Å². The molecule has 0 amide bonds. The second-order valence-corrected chi connectivity index (χ2v) is 3.73. The molecule has 0 saturated heterocycles. The van der Waals surface area contributed by atoms with Gasteiger partial charge in [-0.1, -0.05) is 13.8 Å². The monoisotopic (exact) mass is 194 g/mol. The fourth-order valence-corrected chi connectivity index (χ4v) is 1.56. The van der Waals surface area contributed by atoms with Gasteiger partial charge in [0.1, 0.15) is 0 Å². The van der Waals surface area contributed by atoms with E-state index in [1.54, 1.807) is 0 Å². The lowest BCUT2D eigenvalue weighted by Gasteiger charge is -2.09. The molecule has 3 nitrogen and oxygen atoms in total. The Bertz CT molecular complexity index is 345. The summed E-state index contributed by atoms with van der Waals surface area (Å²) < 4.78 is 10.6. The zero-order valence-electron chi connectivity index (χ0n) is 8.41. The second-order valence-electron chi connectivity index (χ2n) is 3.73. The van der Waals surface area contributed by atoms with Crippen LogP contribution in [0.1, 0.15) is 30.9 Å². The van der Waals surface area contributed by atoms with Crippen molar-refractivity contribution in [3.63, 3.8) is 0 Å². The topological polar surface area (TPSA) is 38.7 Å². The lowest BCUT2D eigenvalue weighted by atomic mass is 10.00. The standard InChI is InChI=1S/C11H14O3/c1-7(2)8-3-9(5-12)11-10(4-8)13-6-14-11/h3-4,7,12H,5-6H2,1-2H3. The van der Waals surface area contributed by atoms with E-state index in [1.807, 2.05) is 12.1 Å². The number of aliphatic hydroxyl groups excluding tert-OH is 1. The summed E-state index contributed by atoms with van der Waals surface area (Å²) in [5, 5.41) is 9.17. The normalized spacial score (nSPS) is 13.7. The van der Waals surface area contributed by atoms with Crippen molar-refractivity contribution in [1.29, 1.82) is 0 Å². The first kappa shape index (κ1) is 9.34. The summed E-state index contributed by atoms with van der Waals surface area (Å²) in [5.41, 5.74) is 1.97. The first-order valence-electron chi connectivity index (χ1n) is 4.75. The van der Waals surface area contributed by atoms with E-state index in [2.05, 4.69) is 13.8 Å². The van der Waals surface area contributed by atoms with E-state index in [0.717, 1.165) is 11.3 Å². The molecular formula is C11H14O3. The van der Waals surface area contributed by atoms with Gasteiger partial charge in [0, 0.05) is 5.56 Å². The second kappa shape index (κ2) is 3.50. The maximum atomic E-state index is 9.17. The van der Waals surface area contributed by atoms with E-state index in [-0.39, 0.29) is 13.4 Å². The lowest BCUT2D eigenvalue weighted by molar-refractivity contribution is 0.171. The zero-order chi connectivity index (χ0) is 10.1. The molecule has 1 heterocycles. The van der Waals surface area contributed by atoms with E-state index in [9.17, 15) is 5.11 Å². The van der Waals surface area contributed by atoms with Gasteiger partial charge in [-0.3, -0.25) is 0 Å². The molecule has 14 heavy (non-hydrogen) atoms.